The Morgan fingerprint density at radius 1 is 1.50 bits per heavy atom. The Kier molecular flexibility index (Phi) is 5.55. The summed E-state index contributed by atoms with van der Waals surface area (Å²) in [7, 11) is 0. The summed E-state index contributed by atoms with van der Waals surface area (Å²) in [5, 5.41) is 2.98. The van der Waals surface area contributed by atoms with E-state index in [1.54, 1.807) is 30.5 Å². The number of aromatic nitrogens is 2. The maximum absolute atomic E-state index is 12.4. The number of carbonyl (C=O) groups is 1. The van der Waals surface area contributed by atoms with Crippen molar-refractivity contribution in [1.29, 1.82) is 0 Å². The van der Waals surface area contributed by atoms with Gasteiger partial charge in [-0.1, -0.05) is 13.0 Å². The molecule has 1 atom stereocenters. The third-order valence-corrected chi connectivity index (χ3v) is 3.25. The van der Waals surface area contributed by atoms with Crippen molar-refractivity contribution < 1.29 is 9.53 Å². The first-order valence-corrected chi connectivity index (χ1v) is 7.39. The van der Waals surface area contributed by atoms with Crippen LogP contribution in [0.1, 0.15) is 41.3 Å². The van der Waals surface area contributed by atoms with Gasteiger partial charge in [-0.25, -0.2) is 4.98 Å². The van der Waals surface area contributed by atoms with Crippen molar-refractivity contribution in [3.63, 3.8) is 0 Å². The molecule has 0 unspecified atom stereocenters. The summed E-state index contributed by atoms with van der Waals surface area (Å²) in [6, 6.07) is 6.92. The standard InChI is InChI=1S/C16H22N4O2/c1-3-14(15-18-10-11(2)19-15)20-16(21)12-5-4-6-13(9-12)22-8-7-17/h4-6,9-10,14H,3,7-8,17H2,1-2H3,(H,18,19)(H,20,21)/t14-/m1/s1. The number of nitrogens with two attached hydrogens (primary N) is 1. The van der Waals surface area contributed by atoms with E-state index in [1.807, 2.05) is 13.8 Å². The molecule has 1 amide bonds. The van der Waals surface area contributed by atoms with Crippen LogP contribution in [0.4, 0.5) is 0 Å². The molecule has 2 aromatic rings. The molecule has 0 spiro atoms. The minimum absolute atomic E-state index is 0.144. The van der Waals surface area contributed by atoms with Gasteiger partial charge < -0.3 is 20.8 Å². The minimum Gasteiger partial charge on any atom is -0.492 e. The molecule has 0 fully saturated rings. The van der Waals surface area contributed by atoms with Gasteiger partial charge in [-0.3, -0.25) is 4.79 Å². The molecular weight excluding hydrogens is 280 g/mol. The van der Waals surface area contributed by atoms with Crippen LogP contribution >= 0.6 is 0 Å². The van der Waals surface area contributed by atoms with Crippen LogP contribution in [-0.2, 0) is 0 Å². The lowest BCUT2D eigenvalue weighted by molar-refractivity contribution is 0.0933. The number of aryl methyl sites for hydroxylation is 1. The van der Waals surface area contributed by atoms with Crippen LogP contribution in [0.3, 0.4) is 0 Å². The summed E-state index contributed by atoms with van der Waals surface area (Å²) in [6.07, 6.45) is 2.51. The molecule has 1 heterocycles. The lowest BCUT2D eigenvalue weighted by Gasteiger charge is -2.15. The Labute approximate surface area is 130 Å². The molecule has 6 nitrogen and oxygen atoms in total. The van der Waals surface area contributed by atoms with Gasteiger partial charge in [0.15, 0.2) is 0 Å². The number of nitrogens with zero attached hydrogens (tertiary/aromatic N) is 1. The zero-order chi connectivity index (χ0) is 15.9. The largest absolute Gasteiger partial charge is 0.492 e. The highest BCUT2D eigenvalue weighted by Crippen LogP contribution is 2.17. The molecule has 6 heteroatoms. The van der Waals surface area contributed by atoms with Crippen molar-refractivity contribution in [3.8, 4) is 5.75 Å². The molecule has 22 heavy (non-hydrogen) atoms. The number of nitrogens with one attached hydrogen (secondary N) is 2. The Hall–Kier alpha value is -2.34. The van der Waals surface area contributed by atoms with Gasteiger partial charge >= 0.3 is 0 Å². The quantitative estimate of drug-likeness (QED) is 0.728. The van der Waals surface area contributed by atoms with E-state index in [0.717, 1.165) is 17.9 Å². The fraction of sp³-hybridized carbons (Fsp3) is 0.375. The van der Waals surface area contributed by atoms with E-state index in [-0.39, 0.29) is 11.9 Å². The van der Waals surface area contributed by atoms with Crippen LogP contribution < -0.4 is 15.8 Å². The average molecular weight is 302 g/mol. The number of benzene rings is 1. The minimum atomic E-state index is -0.154. The third kappa shape index (κ3) is 4.08. The van der Waals surface area contributed by atoms with E-state index < -0.39 is 0 Å². The smallest absolute Gasteiger partial charge is 0.252 e. The number of hydrogen-bond donors (Lipinski definition) is 3. The number of imidazole rings is 1. The number of hydrogen-bond acceptors (Lipinski definition) is 4. The SMILES string of the molecule is CC[C@@H](NC(=O)c1cccc(OCCN)c1)c1ncc(C)[nH]1. The molecule has 1 aromatic heterocycles. The number of aromatic amines is 1. The van der Waals surface area contributed by atoms with Crippen LogP contribution in [0, 0.1) is 6.92 Å². The molecule has 0 bridgehead atoms. The highest BCUT2D eigenvalue weighted by Gasteiger charge is 2.16. The number of carbonyl (C=O) groups excluding carboxylic acids is 1. The third-order valence-electron chi connectivity index (χ3n) is 3.25. The van der Waals surface area contributed by atoms with Crippen LogP contribution in [0.2, 0.25) is 0 Å². The molecule has 0 radical (unpaired) electrons. The highest BCUT2D eigenvalue weighted by atomic mass is 16.5. The summed E-state index contributed by atoms with van der Waals surface area (Å²) in [4.78, 5) is 19.8. The van der Waals surface area contributed by atoms with Crippen molar-refractivity contribution in [2.24, 2.45) is 5.73 Å². The van der Waals surface area contributed by atoms with Gasteiger partial charge in [0.25, 0.3) is 5.91 Å². The summed E-state index contributed by atoms with van der Waals surface area (Å²) >= 11 is 0. The summed E-state index contributed by atoms with van der Waals surface area (Å²) in [5.41, 5.74) is 6.93. The van der Waals surface area contributed by atoms with Crippen LogP contribution in [-0.4, -0.2) is 29.0 Å². The summed E-state index contributed by atoms with van der Waals surface area (Å²) in [6.45, 7) is 4.80. The number of amides is 1. The van der Waals surface area contributed by atoms with Gasteiger partial charge in [0.05, 0.1) is 6.04 Å². The van der Waals surface area contributed by atoms with Crippen LogP contribution in [0.25, 0.3) is 0 Å². The normalized spacial score (nSPS) is 12.0. The van der Waals surface area contributed by atoms with Gasteiger partial charge in [0, 0.05) is 24.0 Å². The summed E-state index contributed by atoms with van der Waals surface area (Å²) in [5.74, 6) is 1.25. The second-order valence-electron chi connectivity index (χ2n) is 5.05. The molecular formula is C16H22N4O2. The van der Waals surface area contributed by atoms with E-state index in [2.05, 4.69) is 15.3 Å². The average Bonchev–Trinajstić information content (AvgIpc) is 2.97. The molecule has 0 saturated carbocycles. The van der Waals surface area contributed by atoms with E-state index in [0.29, 0.717) is 24.5 Å². The van der Waals surface area contributed by atoms with Crippen molar-refractivity contribution in [2.45, 2.75) is 26.3 Å². The predicted molar refractivity (Wildman–Crippen MR) is 84.8 cm³/mol. The summed E-state index contributed by atoms with van der Waals surface area (Å²) < 4.78 is 5.44. The predicted octanol–water partition coefficient (Wildman–Crippen LogP) is 1.94. The first kappa shape index (κ1) is 16.0. The molecule has 0 aliphatic rings. The monoisotopic (exact) mass is 302 g/mol. The first-order valence-electron chi connectivity index (χ1n) is 7.39. The maximum Gasteiger partial charge on any atom is 0.252 e. The molecule has 0 aliphatic heterocycles. The topological polar surface area (TPSA) is 93.0 Å². The Balaban J connectivity index is 2.07. The van der Waals surface area contributed by atoms with Gasteiger partial charge in [0.2, 0.25) is 0 Å². The highest BCUT2D eigenvalue weighted by molar-refractivity contribution is 5.94. The van der Waals surface area contributed by atoms with Crippen molar-refractivity contribution in [2.75, 3.05) is 13.2 Å². The first-order chi connectivity index (χ1) is 10.6. The Morgan fingerprint density at radius 3 is 2.95 bits per heavy atom. The zero-order valence-electron chi connectivity index (χ0n) is 12.9. The van der Waals surface area contributed by atoms with Gasteiger partial charge in [-0.05, 0) is 31.5 Å². The zero-order valence-corrected chi connectivity index (χ0v) is 12.9. The van der Waals surface area contributed by atoms with E-state index in [4.69, 9.17) is 10.5 Å². The number of rotatable bonds is 7. The molecule has 2 rings (SSSR count). The van der Waals surface area contributed by atoms with Gasteiger partial charge in [-0.2, -0.15) is 0 Å². The van der Waals surface area contributed by atoms with Gasteiger partial charge in [-0.15, -0.1) is 0 Å². The number of H-pyrrole nitrogens is 1. The van der Waals surface area contributed by atoms with E-state index >= 15 is 0 Å². The Morgan fingerprint density at radius 2 is 2.32 bits per heavy atom. The second-order valence-corrected chi connectivity index (χ2v) is 5.05. The number of ether oxygens (including phenoxy) is 1. The fourth-order valence-corrected chi connectivity index (χ4v) is 2.12. The second kappa shape index (κ2) is 7.61. The lowest BCUT2D eigenvalue weighted by Crippen LogP contribution is -2.29. The Bertz CT molecular complexity index is 624. The van der Waals surface area contributed by atoms with E-state index in [1.165, 1.54) is 0 Å². The van der Waals surface area contributed by atoms with Crippen molar-refractivity contribution in [3.05, 3.63) is 47.5 Å². The molecule has 0 saturated heterocycles. The van der Waals surface area contributed by atoms with Gasteiger partial charge in [0.1, 0.15) is 18.2 Å². The van der Waals surface area contributed by atoms with Crippen LogP contribution in [0.15, 0.2) is 30.5 Å². The molecule has 0 aliphatic carbocycles. The van der Waals surface area contributed by atoms with E-state index in [9.17, 15) is 4.79 Å². The maximum atomic E-state index is 12.4. The van der Waals surface area contributed by atoms with Crippen molar-refractivity contribution in [1.82, 2.24) is 15.3 Å². The molecule has 118 valence electrons. The fourth-order valence-electron chi connectivity index (χ4n) is 2.12. The molecule has 1 aromatic carbocycles. The lowest BCUT2D eigenvalue weighted by atomic mass is 10.1. The van der Waals surface area contributed by atoms with Crippen LogP contribution in [0.5, 0.6) is 5.75 Å². The molecule has 4 N–H and O–H groups in total. The van der Waals surface area contributed by atoms with Crippen molar-refractivity contribution >= 4 is 5.91 Å².